The van der Waals surface area contributed by atoms with E-state index in [1.54, 1.807) is 19.2 Å². The van der Waals surface area contributed by atoms with Gasteiger partial charge in [-0.25, -0.2) is 4.39 Å². The molecule has 1 aliphatic heterocycles. The maximum Gasteiger partial charge on any atom is 0.256 e. The van der Waals surface area contributed by atoms with Gasteiger partial charge in [0, 0.05) is 33.4 Å². The Balaban J connectivity index is 2.09. The van der Waals surface area contributed by atoms with Gasteiger partial charge >= 0.3 is 0 Å². The van der Waals surface area contributed by atoms with Gasteiger partial charge in [0.15, 0.2) is 0 Å². The van der Waals surface area contributed by atoms with Gasteiger partial charge in [-0.05, 0) is 37.8 Å². The molecule has 21 heavy (non-hydrogen) atoms. The predicted molar refractivity (Wildman–Crippen MR) is 81.1 cm³/mol. The summed E-state index contributed by atoms with van der Waals surface area (Å²) in [6.07, 6.45) is 1.87. The molecular weight excluding hydrogens is 271 g/mol. The van der Waals surface area contributed by atoms with Crippen LogP contribution < -0.4 is 5.32 Å². The molecule has 0 saturated carbocycles. The highest BCUT2D eigenvalue weighted by Crippen LogP contribution is 2.24. The van der Waals surface area contributed by atoms with Crippen molar-refractivity contribution in [3.05, 3.63) is 29.6 Å². The molecule has 1 saturated heterocycles. The van der Waals surface area contributed by atoms with E-state index in [-0.39, 0.29) is 11.7 Å². The SMILES string of the molecule is CCNc1c(F)cccc1C(=O)N1CCC(COC)CC1. The largest absolute Gasteiger partial charge is 0.384 e. The highest BCUT2D eigenvalue weighted by atomic mass is 19.1. The lowest BCUT2D eigenvalue weighted by atomic mass is 9.97. The number of likely N-dealkylation sites (tertiary alicyclic amines) is 1. The smallest absolute Gasteiger partial charge is 0.256 e. The van der Waals surface area contributed by atoms with Crippen LogP contribution in [0.1, 0.15) is 30.1 Å². The Labute approximate surface area is 125 Å². The van der Waals surface area contributed by atoms with E-state index in [2.05, 4.69) is 5.32 Å². The lowest BCUT2D eigenvalue weighted by Crippen LogP contribution is -2.39. The van der Waals surface area contributed by atoms with Crippen LogP contribution >= 0.6 is 0 Å². The molecule has 0 unspecified atom stereocenters. The standard InChI is InChI=1S/C16H23FN2O2/c1-3-18-15-13(5-4-6-14(15)17)16(20)19-9-7-12(8-10-19)11-21-2/h4-6,12,18H,3,7-11H2,1-2H3. The lowest BCUT2D eigenvalue weighted by molar-refractivity contribution is 0.0614. The molecule has 1 aromatic carbocycles. The van der Waals surface area contributed by atoms with E-state index in [4.69, 9.17) is 4.74 Å². The number of rotatable bonds is 5. The van der Waals surface area contributed by atoms with E-state index >= 15 is 0 Å². The molecule has 4 nitrogen and oxygen atoms in total. The van der Waals surface area contributed by atoms with Crippen molar-refractivity contribution in [3.8, 4) is 0 Å². The van der Waals surface area contributed by atoms with Gasteiger partial charge in [0.1, 0.15) is 5.82 Å². The summed E-state index contributed by atoms with van der Waals surface area (Å²) in [4.78, 5) is 14.4. The van der Waals surface area contributed by atoms with Gasteiger partial charge in [-0.2, -0.15) is 0 Å². The molecule has 0 spiro atoms. The Bertz CT molecular complexity index is 485. The first-order valence-corrected chi connectivity index (χ1v) is 7.48. The van der Waals surface area contributed by atoms with Crippen LogP contribution in [0.25, 0.3) is 0 Å². The number of halogens is 1. The summed E-state index contributed by atoms with van der Waals surface area (Å²) in [5, 5.41) is 2.95. The van der Waals surface area contributed by atoms with Gasteiger partial charge in [-0.3, -0.25) is 4.79 Å². The fourth-order valence-corrected chi connectivity index (χ4v) is 2.77. The van der Waals surface area contributed by atoms with Crippen LogP contribution in [0.5, 0.6) is 0 Å². The zero-order valence-electron chi connectivity index (χ0n) is 12.7. The highest BCUT2D eigenvalue weighted by molar-refractivity contribution is 5.99. The fraction of sp³-hybridized carbons (Fsp3) is 0.562. The number of nitrogens with zero attached hydrogens (tertiary/aromatic N) is 1. The lowest BCUT2D eigenvalue weighted by Gasteiger charge is -2.32. The summed E-state index contributed by atoms with van der Waals surface area (Å²) in [7, 11) is 1.70. The number of para-hydroxylation sites is 1. The molecule has 0 aromatic heterocycles. The number of nitrogens with one attached hydrogen (secondary N) is 1. The number of carbonyl (C=O) groups excluding carboxylic acids is 1. The number of piperidine rings is 1. The minimum Gasteiger partial charge on any atom is -0.384 e. The van der Waals surface area contributed by atoms with Crippen molar-refractivity contribution in [1.29, 1.82) is 0 Å². The summed E-state index contributed by atoms with van der Waals surface area (Å²) in [5.74, 6) is 0.0399. The summed E-state index contributed by atoms with van der Waals surface area (Å²) < 4.78 is 19.0. The monoisotopic (exact) mass is 294 g/mol. The zero-order valence-corrected chi connectivity index (χ0v) is 12.7. The molecule has 5 heteroatoms. The molecule has 1 N–H and O–H groups in total. The van der Waals surface area contributed by atoms with Crippen molar-refractivity contribution in [3.63, 3.8) is 0 Å². The van der Waals surface area contributed by atoms with Crippen LogP contribution in [0.4, 0.5) is 10.1 Å². The number of benzene rings is 1. The summed E-state index contributed by atoms with van der Waals surface area (Å²) in [6, 6.07) is 4.64. The van der Waals surface area contributed by atoms with Crippen LogP contribution in [0, 0.1) is 11.7 Å². The van der Waals surface area contributed by atoms with E-state index in [9.17, 15) is 9.18 Å². The quantitative estimate of drug-likeness (QED) is 0.908. The fourth-order valence-electron chi connectivity index (χ4n) is 2.77. The Morgan fingerprint density at radius 1 is 1.43 bits per heavy atom. The molecule has 1 fully saturated rings. The molecule has 0 radical (unpaired) electrons. The van der Waals surface area contributed by atoms with Crippen LogP contribution in [-0.2, 0) is 4.74 Å². The van der Waals surface area contributed by atoms with Crippen molar-refractivity contribution in [2.75, 3.05) is 38.7 Å². The summed E-state index contributed by atoms with van der Waals surface area (Å²) >= 11 is 0. The van der Waals surface area contributed by atoms with Crippen molar-refractivity contribution >= 4 is 11.6 Å². The molecular formula is C16H23FN2O2. The van der Waals surface area contributed by atoms with E-state index in [0.717, 1.165) is 19.4 Å². The van der Waals surface area contributed by atoms with Gasteiger partial charge in [0.25, 0.3) is 5.91 Å². The molecule has 1 amide bonds. The number of amides is 1. The van der Waals surface area contributed by atoms with E-state index in [1.165, 1.54) is 6.07 Å². The van der Waals surface area contributed by atoms with E-state index in [1.807, 2.05) is 11.8 Å². The highest BCUT2D eigenvalue weighted by Gasteiger charge is 2.25. The average molecular weight is 294 g/mol. The third kappa shape index (κ3) is 3.73. The first-order valence-electron chi connectivity index (χ1n) is 7.48. The van der Waals surface area contributed by atoms with Crippen molar-refractivity contribution < 1.29 is 13.9 Å². The molecule has 116 valence electrons. The molecule has 0 aliphatic carbocycles. The third-order valence-electron chi connectivity index (χ3n) is 3.90. The molecule has 1 heterocycles. The number of methoxy groups -OCH3 is 1. The summed E-state index contributed by atoms with van der Waals surface area (Å²) in [5.41, 5.74) is 0.728. The van der Waals surface area contributed by atoms with Crippen molar-refractivity contribution in [1.82, 2.24) is 4.90 Å². The molecule has 1 aliphatic rings. The maximum atomic E-state index is 13.9. The Hall–Kier alpha value is -1.62. The van der Waals surface area contributed by atoms with Gasteiger partial charge in [-0.15, -0.1) is 0 Å². The number of ether oxygens (including phenoxy) is 1. The molecule has 0 atom stereocenters. The number of anilines is 1. The van der Waals surface area contributed by atoms with E-state index in [0.29, 0.717) is 36.8 Å². The van der Waals surface area contributed by atoms with Gasteiger partial charge in [-0.1, -0.05) is 6.07 Å². The molecule has 1 aromatic rings. The average Bonchev–Trinajstić information content (AvgIpc) is 2.50. The molecule has 0 bridgehead atoms. The number of hydrogen-bond acceptors (Lipinski definition) is 3. The van der Waals surface area contributed by atoms with Crippen LogP contribution in [0.2, 0.25) is 0 Å². The second-order valence-corrected chi connectivity index (χ2v) is 5.38. The topological polar surface area (TPSA) is 41.6 Å². The van der Waals surface area contributed by atoms with Crippen LogP contribution in [-0.4, -0.2) is 44.2 Å². The minimum absolute atomic E-state index is 0.0960. The van der Waals surface area contributed by atoms with Crippen molar-refractivity contribution in [2.24, 2.45) is 5.92 Å². The second kappa shape index (κ2) is 7.41. The Kier molecular flexibility index (Phi) is 5.56. The maximum absolute atomic E-state index is 13.9. The van der Waals surface area contributed by atoms with Crippen LogP contribution in [0.3, 0.4) is 0 Å². The first kappa shape index (κ1) is 15.8. The van der Waals surface area contributed by atoms with Crippen LogP contribution in [0.15, 0.2) is 18.2 Å². The van der Waals surface area contributed by atoms with Gasteiger partial charge in [0.05, 0.1) is 11.3 Å². The predicted octanol–water partition coefficient (Wildman–Crippen LogP) is 2.76. The van der Waals surface area contributed by atoms with Gasteiger partial charge < -0.3 is 15.0 Å². The Morgan fingerprint density at radius 3 is 2.76 bits per heavy atom. The third-order valence-corrected chi connectivity index (χ3v) is 3.90. The Morgan fingerprint density at radius 2 is 2.14 bits per heavy atom. The normalized spacial score (nSPS) is 16.0. The zero-order chi connectivity index (χ0) is 15.2. The van der Waals surface area contributed by atoms with Crippen molar-refractivity contribution in [2.45, 2.75) is 19.8 Å². The second-order valence-electron chi connectivity index (χ2n) is 5.38. The molecule has 2 rings (SSSR count). The number of hydrogen-bond donors (Lipinski definition) is 1. The van der Waals surface area contributed by atoms with E-state index < -0.39 is 0 Å². The first-order chi connectivity index (χ1) is 10.2. The summed E-state index contributed by atoms with van der Waals surface area (Å²) in [6.45, 7) is 4.61. The van der Waals surface area contributed by atoms with Gasteiger partial charge in [0.2, 0.25) is 0 Å². The number of carbonyl (C=O) groups is 1. The minimum atomic E-state index is -0.378.